The quantitative estimate of drug-likeness (QED) is 0.536. The summed E-state index contributed by atoms with van der Waals surface area (Å²) in [5.41, 5.74) is 5.71. The summed E-state index contributed by atoms with van der Waals surface area (Å²) < 4.78 is 41.2. The van der Waals surface area contributed by atoms with E-state index in [4.69, 9.17) is 16.7 Å². The lowest BCUT2D eigenvalue weighted by Crippen LogP contribution is -2.45. The Kier molecular flexibility index (Phi) is 6.67. The van der Waals surface area contributed by atoms with Gasteiger partial charge >= 0.3 is 6.18 Å². The van der Waals surface area contributed by atoms with Crippen molar-refractivity contribution >= 4 is 28.1 Å². The van der Waals surface area contributed by atoms with E-state index in [1.807, 2.05) is 47.1 Å². The van der Waals surface area contributed by atoms with Crippen LogP contribution in [-0.4, -0.2) is 76.4 Å². The first-order valence-corrected chi connectivity index (χ1v) is 12.1. The second-order valence-corrected chi connectivity index (χ2v) is 9.45. The number of alkyl halides is 3. The van der Waals surface area contributed by atoms with Gasteiger partial charge in [0.15, 0.2) is 5.82 Å². The Hall–Kier alpha value is -3.08. The number of nitrogens with zero attached hydrogens (tertiary/aromatic N) is 6. The Morgan fingerprint density at radius 2 is 1.67 bits per heavy atom. The predicted molar refractivity (Wildman–Crippen MR) is 135 cm³/mol. The molecule has 2 aliphatic rings. The number of likely N-dealkylation sites (N-methyl/N-ethyl adjacent to an activating group) is 1. The molecule has 1 aromatic carbocycles. The van der Waals surface area contributed by atoms with Gasteiger partial charge in [-0.2, -0.15) is 18.3 Å². The zero-order chi connectivity index (χ0) is 25.4. The predicted octanol–water partition coefficient (Wildman–Crippen LogP) is 4.55. The molecule has 0 bridgehead atoms. The number of hydrazine groups is 1. The van der Waals surface area contributed by atoms with Gasteiger partial charge in [0, 0.05) is 57.1 Å². The van der Waals surface area contributed by atoms with Gasteiger partial charge in [0.25, 0.3) is 0 Å². The van der Waals surface area contributed by atoms with Gasteiger partial charge in [-0.25, -0.2) is 4.68 Å². The van der Waals surface area contributed by atoms with Crippen LogP contribution in [0, 0.1) is 0 Å². The minimum Gasteiger partial charge on any atom is -0.304 e. The molecule has 3 aromatic rings. The molecular formula is C25H27ClF3N7. The van der Waals surface area contributed by atoms with Crippen LogP contribution in [-0.2, 0) is 12.7 Å². The fourth-order valence-electron chi connectivity index (χ4n) is 4.55. The molecular weight excluding hydrogens is 491 g/mol. The third-order valence-electron chi connectivity index (χ3n) is 6.59. The van der Waals surface area contributed by atoms with Crippen LogP contribution >= 0.6 is 11.6 Å². The van der Waals surface area contributed by atoms with Gasteiger partial charge in [-0.1, -0.05) is 41.9 Å². The van der Waals surface area contributed by atoms with Crippen molar-refractivity contribution < 1.29 is 13.2 Å². The molecule has 11 heteroatoms. The largest absolute Gasteiger partial charge is 0.433 e. The number of anilines is 1. The Balaban J connectivity index is 1.56. The third-order valence-corrected chi connectivity index (χ3v) is 6.96. The number of piperazine rings is 1. The molecule has 5 rings (SSSR count). The van der Waals surface area contributed by atoms with Crippen molar-refractivity contribution in [1.82, 2.24) is 29.6 Å². The molecule has 0 atom stereocenters. The van der Waals surface area contributed by atoms with Gasteiger partial charge < -0.3 is 4.90 Å². The van der Waals surface area contributed by atoms with E-state index in [0.29, 0.717) is 34.2 Å². The molecule has 0 saturated carbocycles. The summed E-state index contributed by atoms with van der Waals surface area (Å²) in [6, 6.07) is 12.1. The molecule has 1 N–H and O–H groups in total. The number of halogens is 4. The molecule has 0 unspecified atom stereocenters. The normalized spacial score (nSPS) is 17.3. The highest BCUT2D eigenvalue weighted by molar-refractivity contribution is 6.53. The van der Waals surface area contributed by atoms with Crippen LogP contribution in [0.1, 0.15) is 16.8 Å². The molecule has 0 amide bonds. The third kappa shape index (κ3) is 4.80. The average Bonchev–Trinajstić information content (AvgIpc) is 3.22. The smallest absolute Gasteiger partial charge is 0.304 e. The van der Waals surface area contributed by atoms with E-state index in [1.165, 1.54) is 12.3 Å². The molecule has 0 spiro atoms. The zero-order valence-corrected chi connectivity index (χ0v) is 20.8. The standard InChI is InChI=1S/C25H27ClF3N7/c1-33-10-12-35(13-11-33)14-15-36-24-20(21(26)23(34(2)32-24)17-6-4-3-5-7-17)22(31-36)18-8-9-19(30-16-18)25(27,28)29/h3-9,16,32H,10-15H2,1-2H3. The molecule has 2 aromatic heterocycles. The lowest BCUT2D eigenvalue weighted by molar-refractivity contribution is -0.141. The van der Waals surface area contributed by atoms with Crippen LogP contribution < -0.4 is 5.43 Å². The van der Waals surface area contributed by atoms with Crippen LogP contribution in [0.25, 0.3) is 22.0 Å². The summed E-state index contributed by atoms with van der Waals surface area (Å²) >= 11 is 7.01. The maximum absolute atomic E-state index is 13.1. The van der Waals surface area contributed by atoms with Crippen molar-refractivity contribution in [2.45, 2.75) is 12.7 Å². The first-order valence-electron chi connectivity index (χ1n) is 11.7. The summed E-state index contributed by atoms with van der Waals surface area (Å²) in [5.74, 6) is 0.700. The lowest BCUT2D eigenvalue weighted by Gasteiger charge is -2.33. The molecule has 4 heterocycles. The van der Waals surface area contributed by atoms with Gasteiger partial charge in [0.2, 0.25) is 0 Å². The van der Waals surface area contributed by atoms with Crippen LogP contribution in [0.15, 0.2) is 48.7 Å². The van der Waals surface area contributed by atoms with Crippen molar-refractivity contribution in [3.05, 3.63) is 65.5 Å². The summed E-state index contributed by atoms with van der Waals surface area (Å²) in [7, 11) is 3.99. The second kappa shape index (κ2) is 9.76. The van der Waals surface area contributed by atoms with Gasteiger partial charge in [-0.15, -0.1) is 0 Å². The number of rotatable bonds is 5. The van der Waals surface area contributed by atoms with E-state index in [9.17, 15) is 13.2 Å². The highest BCUT2D eigenvalue weighted by atomic mass is 35.5. The number of aromatic nitrogens is 3. The number of fused-ring (bicyclic) bond motifs is 1. The zero-order valence-electron chi connectivity index (χ0n) is 20.1. The van der Waals surface area contributed by atoms with Crippen LogP contribution in [0.4, 0.5) is 19.0 Å². The van der Waals surface area contributed by atoms with E-state index in [0.717, 1.165) is 50.1 Å². The summed E-state index contributed by atoms with van der Waals surface area (Å²) in [6.45, 7) is 5.37. The second-order valence-electron chi connectivity index (χ2n) is 9.07. The highest BCUT2D eigenvalue weighted by Gasteiger charge is 2.34. The van der Waals surface area contributed by atoms with Crippen LogP contribution in [0.3, 0.4) is 0 Å². The fourth-order valence-corrected chi connectivity index (χ4v) is 4.97. The van der Waals surface area contributed by atoms with Crippen LogP contribution in [0.5, 0.6) is 0 Å². The first kappa shape index (κ1) is 24.6. The van der Waals surface area contributed by atoms with Crippen molar-refractivity contribution in [3.8, 4) is 11.3 Å². The van der Waals surface area contributed by atoms with Gasteiger partial charge in [0.05, 0.1) is 22.8 Å². The Bertz CT molecular complexity index is 1250. The Morgan fingerprint density at radius 3 is 2.31 bits per heavy atom. The van der Waals surface area contributed by atoms with Crippen molar-refractivity contribution in [2.24, 2.45) is 0 Å². The Morgan fingerprint density at radius 1 is 0.944 bits per heavy atom. The monoisotopic (exact) mass is 517 g/mol. The topological polar surface area (TPSA) is 52.5 Å². The molecule has 36 heavy (non-hydrogen) atoms. The molecule has 7 nitrogen and oxygen atoms in total. The molecule has 2 aliphatic heterocycles. The summed E-state index contributed by atoms with van der Waals surface area (Å²) in [5, 5.41) is 7.14. The molecule has 1 fully saturated rings. The van der Waals surface area contributed by atoms with E-state index in [-0.39, 0.29) is 0 Å². The highest BCUT2D eigenvalue weighted by Crippen LogP contribution is 2.44. The van der Waals surface area contributed by atoms with Gasteiger partial charge in [-0.05, 0) is 19.2 Å². The van der Waals surface area contributed by atoms with Crippen molar-refractivity contribution in [1.29, 1.82) is 0 Å². The number of pyridine rings is 1. The molecule has 190 valence electrons. The molecule has 0 radical (unpaired) electrons. The van der Waals surface area contributed by atoms with Crippen molar-refractivity contribution in [2.75, 3.05) is 52.2 Å². The molecule has 0 aliphatic carbocycles. The van der Waals surface area contributed by atoms with Crippen molar-refractivity contribution in [3.63, 3.8) is 0 Å². The van der Waals surface area contributed by atoms with E-state index >= 15 is 0 Å². The first-order chi connectivity index (χ1) is 17.2. The van der Waals surface area contributed by atoms with E-state index in [2.05, 4.69) is 27.3 Å². The Labute approximate surface area is 212 Å². The van der Waals surface area contributed by atoms with E-state index < -0.39 is 11.9 Å². The summed E-state index contributed by atoms with van der Waals surface area (Å²) in [6.07, 6.45) is -3.30. The number of nitrogens with one attached hydrogen (secondary N) is 1. The maximum Gasteiger partial charge on any atom is 0.433 e. The van der Waals surface area contributed by atoms with Crippen LogP contribution in [0.2, 0.25) is 0 Å². The number of benzene rings is 1. The average molecular weight is 518 g/mol. The SMILES string of the molecule is CN1CCN(CCn2nc(-c3ccc(C(F)(F)F)nc3)c3c2NN(C)C(c2ccccc2)=C3Cl)CC1. The van der Waals surface area contributed by atoms with Gasteiger partial charge in [0.1, 0.15) is 11.4 Å². The maximum atomic E-state index is 13.1. The van der Waals surface area contributed by atoms with E-state index in [1.54, 1.807) is 0 Å². The fraction of sp³-hybridized carbons (Fsp3) is 0.360. The minimum atomic E-state index is -4.51. The lowest BCUT2D eigenvalue weighted by atomic mass is 10.0. The minimum absolute atomic E-state index is 0.467. The number of hydrogen-bond acceptors (Lipinski definition) is 6. The summed E-state index contributed by atoms with van der Waals surface area (Å²) in [4.78, 5) is 8.33. The number of hydrogen-bond donors (Lipinski definition) is 1. The van der Waals surface area contributed by atoms with Gasteiger partial charge in [-0.3, -0.25) is 20.3 Å². The molecule has 1 saturated heterocycles.